The Labute approximate surface area is 103 Å². The highest BCUT2D eigenvalue weighted by atomic mass is 14.2. The van der Waals surface area contributed by atoms with Gasteiger partial charge in [-0.05, 0) is 42.0 Å². The van der Waals surface area contributed by atoms with Crippen molar-refractivity contribution in [1.29, 1.82) is 0 Å². The van der Waals surface area contributed by atoms with Gasteiger partial charge in [-0.25, -0.2) is 0 Å². The predicted octanol–water partition coefficient (Wildman–Crippen LogP) is 4.45. The van der Waals surface area contributed by atoms with E-state index in [2.05, 4.69) is 61.5 Å². The molecule has 0 aromatic heterocycles. The van der Waals surface area contributed by atoms with Crippen molar-refractivity contribution in [2.24, 2.45) is 0 Å². The summed E-state index contributed by atoms with van der Waals surface area (Å²) in [7, 11) is 0. The molecule has 17 heavy (non-hydrogen) atoms. The summed E-state index contributed by atoms with van der Waals surface area (Å²) in [5.41, 5.74) is 7.19. The first kappa shape index (κ1) is 10.3. The number of hydrogen-bond acceptors (Lipinski definition) is 0. The van der Waals surface area contributed by atoms with Crippen molar-refractivity contribution in [3.05, 3.63) is 76.9 Å². The van der Waals surface area contributed by atoms with Crippen LogP contribution in [0.3, 0.4) is 0 Å². The highest BCUT2D eigenvalue weighted by molar-refractivity contribution is 5.84. The Morgan fingerprint density at radius 1 is 0.765 bits per heavy atom. The second kappa shape index (κ2) is 4.21. The molecule has 0 radical (unpaired) electrons. The maximum absolute atomic E-state index is 2.26. The molecule has 0 fully saturated rings. The molecule has 0 heteroatoms. The van der Waals surface area contributed by atoms with Crippen LogP contribution >= 0.6 is 0 Å². The Morgan fingerprint density at radius 3 is 2.29 bits per heavy atom. The fraction of sp³-hybridized carbons (Fsp3) is 0.176. The third-order valence-corrected chi connectivity index (χ3v) is 3.55. The molecule has 0 N–H and O–H groups in total. The molecule has 84 valence electrons. The minimum Gasteiger partial charge on any atom is -0.0645 e. The zero-order chi connectivity index (χ0) is 11.7. The third kappa shape index (κ3) is 1.80. The van der Waals surface area contributed by atoms with Crippen molar-refractivity contribution in [2.75, 3.05) is 0 Å². The zero-order valence-electron chi connectivity index (χ0n) is 10.1. The lowest BCUT2D eigenvalue weighted by molar-refractivity contribution is 0.918. The minimum absolute atomic E-state index is 1.18. The van der Waals surface area contributed by atoms with Crippen molar-refractivity contribution >= 4 is 5.57 Å². The fourth-order valence-corrected chi connectivity index (χ4v) is 2.67. The molecule has 0 amide bonds. The van der Waals surface area contributed by atoms with Crippen molar-refractivity contribution in [2.45, 2.75) is 19.8 Å². The summed E-state index contributed by atoms with van der Waals surface area (Å²) < 4.78 is 0. The van der Waals surface area contributed by atoms with Gasteiger partial charge in [0.25, 0.3) is 0 Å². The van der Waals surface area contributed by atoms with Crippen LogP contribution in [0.15, 0.2) is 60.2 Å². The van der Waals surface area contributed by atoms with Gasteiger partial charge in [0.05, 0.1) is 0 Å². The number of fused-ring (bicyclic) bond motifs is 1. The van der Waals surface area contributed by atoms with E-state index in [4.69, 9.17) is 0 Å². The molecule has 2 aromatic rings. The van der Waals surface area contributed by atoms with Crippen LogP contribution in [0.4, 0.5) is 0 Å². The molecule has 0 saturated carbocycles. The first-order valence-electron chi connectivity index (χ1n) is 6.20. The minimum atomic E-state index is 1.18. The van der Waals surface area contributed by atoms with Gasteiger partial charge in [0.15, 0.2) is 0 Å². The van der Waals surface area contributed by atoms with E-state index in [1.54, 1.807) is 0 Å². The molecule has 0 nitrogen and oxygen atoms in total. The molecule has 0 spiro atoms. The second-order valence-corrected chi connectivity index (χ2v) is 4.68. The predicted molar refractivity (Wildman–Crippen MR) is 72.9 cm³/mol. The Bertz CT molecular complexity index is 562. The maximum atomic E-state index is 2.26. The molecule has 0 aliphatic heterocycles. The zero-order valence-corrected chi connectivity index (χ0v) is 10.1. The molecule has 0 heterocycles. The molecule has 0 unspecified atom stereocenters. The smallest absolute Gasteiger partial charge is 0.0119 e. The number of aryl methyl sites for hydroxylation is 1. The van der Waals surface area contributed by atoms with E-state index in [1.807, 2.05) is 0 Å². The largest absolute Gasteiger partial charge is 0.0645 e. The lowest BCUT2D eigenvalue weighted by atomic mass is 9.83. The fourth-order valence-electron chi connectivity index (χ4n) is 2.67. The first-order chi connectivity index (χ1) is 8.36. The van der Waals surface area contributed by atoms with Gasteiger partial charge in [-0.1, -0.05) is 60.2 Å². The second-order valence-electron chi connectivity index (χ2n) is 4.68. The van der Waals surface area contributed by atoms with Crippen LogP contribution in [0.1, 0.15) is 30.0 Å². The van der Waals surface area contributed by atoms with E-state index in [0.717, 1.165) is 0 Å². The molecule has 2 aromatic carbocycles. The third-order valence-electron chi connectivity index (χ3n) is 3.55. The summed E-state index contributed by atoms with van der Waals surface area (Å²) in [5, 5.41) is 0. The Kier molecular flexibility index (Phi) is 2.56. The van der Waals surface area contributed by atoms with Gasteiger partial charge < -0.3 is 0 Å². The average Bonchev–Trinajstić information content (AvgIpc) is 2.39. The molecule has 0 saturated heterocycles. The van der Waals surface area contributed by atoms with Crippen LogP contribution in [-0.2, 0) is 6.42 Å². The first-order valence-corrected chi connectivity index (χ1v) is 6.20. The van der Waals surface area contributed by atoms with Crippen molar-refractivity contribution in [3.63, 3.8) is 0 Å². The number of rotatable bonds is 1. The molecular formula is C17H16. The SMILES string of the molecule is CC1=C(c2ccccc2)c2ccccc2CC1. The lowest BCUT2D eigenvalue weighted by Gasteiger charge is -2.22. The van der Waals surface area contributed by atoms with E-state index >= 15 is 0 Å². The van der Waals surface area contributed by atoms with Gasteiger partial charge >= 0.3 is 0 Å². The van der Waals surface area contributed by atoms with Gasteiger partial charge in [0.2, 0.25) is 0 Å². The standard InChI is InChI=1S/C17H16/c1-13-11-12-14-7-5-6-10-16(14)17(13)15-8-3-2-4-9-15/h2-10H,11-12H2,1H3. The molecule has 3 rings (SSSR count). The van der Waals surface area contributed by atoms with Crippen LogP contribution in [0.25, 0.3) is 5.57 Å². The number of hydrogen-bond donors (Lipinski definition) is 0. The van der Waals surface area contributed by atoms with Gasteiger partial charge in [-0.3, -0.25) is 0 Å². The highest BCUT2D eigenvalue weighted by Gasteiger charge is 2.16. The van der Waals surface area contributed by atoms with Crippen molar-refractivity contribution < 1.29 is 0 Å². The average molecular weight is 220 g/mol. The monoisotopic (exact) mass is 220 g/mol. The van der Waals surface area contributed by atoms with Crippen LogP contribution in [0.2, 0.25) is 0 Å². The van der Waals surface area contributed by atoms with E-state index in [9.17, 15) is 0 Å². The van der Waals surface area contributed by atoms with Crippen LogP contribution in [0.5, 0.6) is 0 Å². The summed E-state index contributed by atoms with van der Waals surface area (Å²) in [6, 6.07) is 19.5. The normalized spacial score (nSPS) is 14.6. The summed E-state index contributed by atoms with van der Waals surface area (Å²) in [6.45, 7) is 2.26. The van der Waals surface area contributed by atoms with Gasteiger partial charge in [0, 0.05) is 0 Å². The Hall–Kier alpha value is -1.82. The quantitative estimate of drug-likeness (QED) is 0.666. The highest BCUT2D eigenvalue weighted by Crippen LogP contribution is 2.35. The van der Waals surface area contributed by atoms with Gasteiger partial charge in [-0.2, -0.15) is 0 Å². The summed E-state index contributed by atoms with van der Waals surface area (Å²) in [5.74, 6) is 0. The molecule has 0 atom stereocenters. The van der Waals surface area contributed by atoms with Crippen molar-refractivity contribution in [3.8, 4) is 0 Å². The lowest BCUT2D eigenvalue weighted by Crippen LogP contribution is -2.04. The van der Waals surface area contributed by atoms with Crippen LogP contribution in [-0.4, -0.2) is 0 Å². The number of benzene rings is 2. The van der Waals surface area contributed by atoms with Gasteiger partial charge in [-0.15, -0.1) is 0 Å². The molecule has 0 bridgehead atoms. The molecule has 1 aliphatic rings. The summed E-state index contributed by atoms with van der Waals surface area (Å²) in [6.07, 6.45) is 2.36. The maximum Gasteiger partial charge on any atom is -0.0119 e. The van der Waals surface area contributed by atoms with Crippen LogP contribution in [0, 0.1) is 0 Å². The topological polar surface area (TPSA) is 0 Å². The van der Waals surface area contributed by atoms with E-state index in [0.29, 0.717) is 0 Å². The summed E-state index contributed by atoms with van der Waals surface area (Å²) >= 11 is 0. The van der Waals surface area contributed by atoms with Crippen molar-refractivity contribution in [1.82, 2.24) is 0 Å². The molecular weight excluding hydrogens is 204 g/mol. The Balaban J connectivity index is 2.21. The van der Waals surface area contributed by atoms with Crippen LogP contribution < -0.4 is 0 Å². The summed E-state index contributed by atoms with van der Waals surface area (Å²) in [4.78, 5) is 0. The van der Waals surface area contributed by atoms with E-state index in [1.165, 1.54) is 40.7 Å². The van der Waals surface area contributed by atoms with E-state index < -0.39 is 0 Å². The number of allylic oxidation sites excluding steroid dienone is 1. The van der Waals surface area contributed by atoms with E-state index in [-0.39, 0.29) is 0 Å². The molecule has 1 aliphatic carbocycles. The van der Waals surface area contributed by atoms with Gasteiger partial charge in [0.1, 0.15) is 0 Å². The Morgan fingerprint density at radius 2 is 1.47 bits per heavy atom.